The summed E-state index contributed by atoms with van der Waals surface area (Å²) >= 11 is 0. The quantitative estimate of drug-likeness (QED) is 0.852. The molecule has 2 aromatic rings. The van der Waals surface area contributed by atoms with Gasteiger partial charge in [0, 0.05) is 24.8 Å². The summed E-state index contributed by atoms with van der Waals surface area (Å²) in [5, 5.41) is 6.85. The predicted octanol–water partition coefficient (Wildman–Crippen LogP) is 3.85. The number of nitrogens with zero attached hydrogens (tertiary/aromatic N) is 2. The van der Waals surface area contributed by atoms with Crippen molar-refractivity contribution in [2.24, 2.45) is 0 Å². The largest absolute Gasteiger partial charge is 0.379 e. The Labute approximate surface area is 153 Å². The van der Waals surface area contributed by atoms with Gasteiger partial charge in [-0.2, -0.15) is 5.10 Å². The molecule has 0 aliphatic heterocycles. The summed E-state index contributed by atoms with van der Waals surface area (Å²) in [5.74, 6) is -0.414. The maximum absolute atomic E-state index is 14.2. The zero-order valence-electron chi connectivity index (χ0n) is 15.4. The van der Waals surface area contributed by atoms with Crippen LogP contribution < -0.4 is 0 Å². The highest BCUT2D eigenvalue weighted by Crippen LogP contribution is 2.28. The van der Waals surface area contributed by atoms with Crippen molar-refractivity contribution in [3.8, 4) is 0 Å². The lowest BCUT2D eigenvalue weighted by Crippen LogP contribution is -2.43. The Kier molecular flexibility index (Phi) is 6.04. The number of carbonyl (C=O) groups is 1. The van der Waals surface area contributed by atoms with E-state index in [2.05, 4.69) is 10.2 Å². The monoisotopic (exact) mass is 359 g/mol. The van der Waals surface area contributed by atoms with Gasteiger partial charge in [0.05, 0.1) is 11.8 Å². The first-order chi connectivity index (χ1) is 12.6. The van der Waals surface area contributed by atoms with Crippen LogP contribution >= 0.6 is 0 Å². The molecule has 1 aromatic heterocycles. The predicted molar refractivity (Wildman–Crippen MR) is 97.3 cm³/mol. The van der Waals surface area contributed by atoms with E-state index >= 15 is 0 Å². The molecule has 0 radical (unpaired) electrons. The average molecular weight is 359 g/mol. The second kappa shape index (κ2) is 8.45. The van der Waals surface area contributed by atoms with Crippen molar-refractivity contribution in [1.29, 1.82) is 0 Å². The Morgan fingerprint density at radius 1 is 1.31 bits per heavy atom. The molecule has 1 amide bonds. The van der Waals surface area contributed by atoms with Gasteiger partial charge < -0.3 is 9.64 Å². The topological polar surface area (TPSA) is 58.2 Å². The van der Waals surface area contributed by atoms with E-state index in [4.69, 9.17) is 4.74 Å². The smallest absolute Gasteiger partial charge is 0.272 e. The van der Waals surface area contributed by atoms with E-state index in [1.54, 1.807) is 29.2 Å². The number of rotatable bonds is 6. The number of aromatic nitrogens is 2. The molecule has 1 fully saturated rings. The van der Waals surface area contributed by atoms with Gasteiger partial charge in [0.1, 0.15) is 11.5 Å². The van der Waals surface area contributed by atoms with Crippen LogP contribution in [-0.2, 0) is 11.3 Å². The second-order valence-electron chi connectivity index (χ2n) is 6.83. The zero-order valence-corrected chi connectivity index (χ0v) is 15.4. The van der Waals surface area contributed by atoms with Crippen LogP contribution in [-0.4, -0.2) is 39.8 Å². The fraction of sp³-hybridized carbons (Fsp3) is 0.500. The molecule has 0 bridgehead atoms. The van der Waals surface area contributed by atoms with Gasteiger partial charge in [-0.1, -0.05) is 18.2 Å². The van der Waals surface area contributed by atoms with Gasteiger partial charge in [0.25, 0.3) is 5.91 Å². The molecule has 0 atom stereocenters. The third kappa shape index (κ3) is 4.30. The van der Waals surface area contributed by atoms with Crippen molar-refractivity contribution in [1.82, 2.24) is 15.1 Å². The van der Waals surface area contributed by atoms with Gasteiger partial charge in [0.15, 0.2) is 0 Å². The minimum atomic E-state index is -0.283. The van der Waals surface area contributed by atoms with E-state index < -0.39 is 0 Å². The fourth-order valence-electron chi connectivity index (χ4n) is 3.62. The van der Waals surface area contributed by atoms with Crippen LogP contribution in [0.4, 0.5) is 4.39 Å². The molecule has 0 saturated heterocycles. The van der Waals surface area contributed by atoms with Crippen molar-refractivity contribution >= 4 is 5.91 Å². The molecule has 1 aliphatic rings. The molecule has 1 N–H and O–H groups in total. The van der Waals surface area contributed by atoms with Crippen LogP contribution in [0.3, 0.4) is 0 Å². The van der Waals surface area contributed by atoms with Crippen molar-refractivity contribution in [2.45, 2.75) is 58.2 Å². The minimum absolute atomic E-state index is 0.0717. The summed E-state index contributed by atoms with van der Waals surface area (Å²) in [6, 6.07) is 8.44. The SMILES string of the molecule is CCO[C@H]1CC[C@H](N(Cc2ccccc2F)C(=O)c2cc(C)n[nH]2)CC1. The number of aromatic amines is 1. The van der Waals surface area contributed by atoms with Crippen LogP contribution in [0.1, 0.15) is 54.4 Å². The lowest BCUT2D eigenvalue weighted by atomic mass is 9.91. The Balaban J connectivity index is 1.80. The Bertz CT molecular complexity index is 738. The Morgan fingerprint density at radius 2 is 2.04 bits per heavy atom. The number of carbonyl (C=O) groups excluding carboxylic acids is 1. The number of hydrogen-bond donors (Lipinski definition) is 1. The molecule has 1 aromatic carbocycles. The lowest BCUT2D eigenvalue weighted by Gasteiger charge is -2.36. The third-order valence-corrected chi connectivity index (χ3v) is 4.98. The van der Waals surface area contributed by atoms with E-state index in [1.165, 1.54) is 6.07 Å². The number of nitrogens with one attached hydrogen (secondary N) is 1. The average Bonchev–Trinajstić information content (AvgIpc) is 3.08. The van der Waals surface area contributed by atoms with Gasteiger partial charge in [-0.3, -0.25) is 9.89 Å². The van der Waals surface area contributed by atoms with E-state index in [1.807, 2.05) is 13.8 Å². The molecule has 5 nitrogen and oxygen atoms in total. The molecule has 0 spiro atoms. The van der Waals surface area contributed by atoms with E-state index in [0.717, 1.165) is 31.4 Å². The lowest BCUT2D eigenvalue weighted by molar-refractivity contribution is 0.0118. The second-order valence-corrected chi connectivity index (χ2v) is 6.83. The Hall–Kier alpha value is -2.21. The van der Waals surface area contributed by atoms with Crippen molar-refractivity contribution in [3.05, 3.63) is 53.1 Å². The summed E-state index contributed by atoms with van der Waals surface area (Å²) < 4.78 is 19.9. The van der Waals surface area contributed by atoms with Gasteiger partial charge in [-0.15, -0.1) is 0 Å². The summed E-state index contributed by atoms with van der Waals surface area (Å²) in [7, 11) is 0. The van der Waals surface area contributed by atoms with Gasteiger partial charge in [-0.05, 0) is 51.7 Å². The number of amides is 1. The van der Waals surface area contributed by atoms with Gasteiger partial charge in [0.2, 0.25) is 0 Å². The number of ether oxygens (including phenoxy) is 1. The zero-order chi connectivity index (χ0) is 18.5. The van der Waals surface area contributed by atoms with Gasteiger partial charge >= 0.3 is 0 Å². The normalized spacial score (nSPS) is 20.1. The minimum Gasteiger partial charge on any atom is -0.379 e. The highest BCUT2D eigenvalue weighted by molar-refractivity contribution is 5.92. The summed E-state index contributed by atoms with van der Waals surface area (Å²) in [5.41, 5.74) is 1.74. The first-order valence-corrected chi connectivity index (χ1v) is 9.26. The first kappa shape index (κ1) is 18.6. The van der Waals surface area contributed by atoms with Crippen molar-refractivity contribution < 1.29 is 13.9 Å². The molecular formula is C20H26FN3O2. The number of aryl methyl sites for hydroxylation is 1. The fourth-order valence-corrected chi connectivity index (χ4v) is 3.62. The van der Waals surface area contributed by atoms with Crippen molar-refractivity contribution in [3.63, 3.8) is 0 Å². The van der Waals surface area contributed by atoms with E-state index in [-0.39, 0.29) is 30.4 Å². The highest BCUT2D eigenvalue weighted by Gasteiger charge is 2.31. The number of hydrogen-bond acceptors (Lipinski definition) is 3. The molecule has 140 valence electrons. The molecule has 1 aliphatic carbocycles. The standard InChI is InChI=1S/C20H26FN3O2/c1-3-26-17-10-8-16(9-11-17)24(13-15-6-4-5-7-18(15)21)20(25)19-12-14(2)22-23-19/h4-7,12,16-17H,3,8-11,13H2,1-2H3,(H,22,23)/t16-,17-. The highest BCUT2D eigenvalue weighted by atomic mass is 19.1. The molecule has 1 saturated carbocycles. The Morgan fingerprint density at radius 3 is 2.65 bits per heavy atom. The number of H-pyrrole nitrogens is 1. The first-order valence-electron chi connectivity index (χ1n) is 9.26. The molecule has 1 heterocycles. The van der Waals surface area contributed by atoms with Crippen LogP contribution in [0.25, 0.3) is 0 Å². The third-order valence-electron chi connectivity index (χ3n) is 4.98. The number of halogens is 1. The molecule has 26 heavy (non-hydrogen) atoms. The maximum Gasteiger partial charge on any atom is 0.272 e. The van der Waals surface area contributed by atoms with Crippen LogP contribution in [0.15, 0.2) is 30.3 Å². The maximum atomic E-state index is 14.2. The van der Waals surface area contributed by atoms with Gasteiger partial charge in [-0.25, -0.2) is 4.39 Å². The number of benzene rings is 1. The van der Waals surface area contributed by atoms with Crippen LogP contribution in [0.2, 0.25) is 0 Å². The van der Waals surface area contributed by atoms with E-state index in [9.17, 15) is 9.18 Å². The molecule has 0 unspecified atom stereocenters. The van der Waals surface area contributed by atoms with Crippen molar-refractivity contribution in [2.75, 3.05) is 6.61 Å². The molecular weight excluding hydrogens is 333 g/mol. The summed E-state index contributed by atoms with van der Waals surface area (Å²) in [6.07, 6.45) is 3.81. The van der Waals surface area contributed by atoms with E-state index in [0.29, 0.717) is 17.9 Å². The van der Waals surface area contributed by atoms with Crippen LogP contribution in [0.5, 0.6) is 0 Å². The van der Waals surface area contributed by atoms with Crippen LogP contribution in [0, 0.1) is 12.7 Å². The molecule has 3 rings (SSSR count). The summed E-state index contributed by atoms with van der Waals surface area (Å²) in [6.45, 7) is 4.80. The molecule has 6 heteroatoms. The summed E-state index contributed by atoms with van der Waals surface area (Å²) in [4.78, 5) is 14.9.